The molecule has 0 saturated heterocycles. The summed E-state index contributed by atoms with van der Waals surface area (Å²) >= 11 is 3.30. The van der Waals surface area contributed by atoms with Crippen LogP contribution in [0.25, 0.3) is 0 Å². The largest absolute Gasteiger partial charge is 0.468 e. The third-order valence-electron chi connectivity index (χ3n) is 2.88. The van der Waals surface area contributed by atoms with E-state index in [9.17, 15) is 9.18 Å². The van der Waals surface area contributed by atoms with Gasteiger partial charge in [-0.05, 0) is 24.6 Å². The van der Waals surface area contributed by atoms with Crippen LogP contribution < -0.4 is 5.32 Å². The Morgan fingerprint density at radius 3 is 2.89 bits per heavy atom. The molecular weight excluding hydrogens is 313 g/mol. The van der Waals surface area contributed by atoms with E-state index in [4.69, 9.17) is 4.74 Å². The number of nitrogens with one attached hydrogen (secondary N) is 1. The maximum absolute atomic E-state index is 13.6. The fraction of sp³-hybridized carbons (Fsp3) is 0.500. The highest BCUT2D eigenvalue weighted by molar-refractivity contribution is 9.10. The van der Waals surface area contributed by atoms with Crippen molar-refractivity contribution in [3.05, 3.63) is 34.1 Å². The number of halogens is 2. The van der Waals surface area contributed by atoms with Crippen LogP contribution in [0, 0.1) is 5.82 Å². The second-order valence-electron chi connectivity index (χ2n) is 4.33. The van der Waals surface area contributed by atoms with Gasteiger partial charge in [0.1, 0.15) is 11.9 Å². The third kappa shape index (κ3) is 5.28. The molecule has 106 valence electrons. The van der Waals surface area contributed by atoms with Crippen molar-refractivity contribution in [2.75, 3.05) is 7.11 Å². The van der Waals surface area contributed by atoms with Gasteiger partial charge in [0.2, 0.25) is 0 Å². The zero-order valence-electron chi connectivity index (χ0n) is 11.2. The molecule has 0 aliphatic rings. The molecule has 0 aromatic heterocycles. The van der Waals surface area contributed by atoms with Crippen LogP contribution in [-0.4, -0.2) is 19.1 Å². The molecule has 0 amide bonds. The first kappa shape index (κ1) is 16.1. The first-order chi connectivity index (χ1) is 9.08. The van der Waals surface area contributed by atoms with Gasteiger partial charge in [0.25, 0.3) is 0 Å². The Morgan fingerprint density at radius 2 is 2.26 bits per heavy atom. The third-order valence-corrected chi connectivity index (χ3v) is 3.37. The van der Waals surface area contributed by atoms with Gasteiger partial charge in [-0.3, -0.25) is 4.79 Å². The summed E-state index contributed by atoms with van der Waals surface area (Å²) in [5, 5.41) is 3.05. The van der Waals surface area contributed by atoms with Crippen LogP contribution in [0.15, 0.2) is 22.7 Å². The zero-order chi connectivity index (χ0) is 14.3. The maximum Gasteiger partial charge on any atom is 0.322 e. The minimum atomic E-state index is -0.386. The van der Waals surface area contributed by atoms with E-state index >= 15 is 0 Å². The van der Waals surface area contributed by atoms with Crippen molar-refractivity contribution < 1.29 is 13.9 Å². The number of ether oxygens (including phenoxy) is 1. The van der Waals surface area contributed by atoms with Crippen molar-refractivity contribution in [3.8, 4) is 0 Å². The van der Waals surface area contributed by atoms with Crippen LogP contribution in [0.3, 0.4) is 0 Å². The Labute approximate surface area is 121 Å². The summed E-state index contributed by atoms with van der Waals surface area (Å²) in [7, 11) is 1.36. The molecule has 0 radical (unpaired) electrons. The average Bonchev–Trinajstić information content (AvgIpc) is 2.41. The number of hydrogen-bond donors (Lipinski definition) is 1. The summed E-state index contributed by atoms with van der Waals surface area (Å²) in [6.07, 6.45) is 2.62. The van der Waals surface area contributed by atoms with Gasteiger partial charge in [0.05, 0.1) is 7.11 Å². The monoisotopic (exact) mass is 331 g/mol. The lowest BCUT2D eigenvalue weighted by Gasteiger charge is -2.16. The summed E-state index contributed by atoms with van der Waals surface area (Å²) in [5.74, 6) is -0.585. The molecule has 0 aliphatic carbocycles. The summed E-state index contributed by atoms with van der Waals surface area (Å²) < 4.78 is 19.1. The summed E-state index contributed by atoms with van der Waals surface area (Å²) in [6.45, 7) is 2.36. The van der Waals surface area contributed by atoms with E-state index in [1.54, 1.807) is 12.1 Å². The van der Waals surface area contributed by atoms with Crippen LogP contribution in [0.1, 0.15) is 31.7 Å². The SMILES string of the molecule is CCCCC(NCc1cc(Br)ccc1F)C(=O)OC. The van der Waals surface area contributed by atoms with Crippen molar-refractivity contribution in [1.82, 2.24) is 5.32 Å². The number of carbonyl (C=O) groups excluding carboxylic acids is 1. The standard InChI is InChI=1S/C14H19BrFNO2/c1-3-4-5-13(14(18)19-2)17-9-10-8-11(15)6-7-12(10)16/h6-8,13,17H,3-5,9H2,1-2H3. The molecule has 0 aliphatic heterocycles. The molecule has 0 heterocycles. The molecule has 0 fully saturated rings. The normalized spacial score (nSPS) is 12.2. The molecule has 0 saturated carbocycles. The topological polar surface area (TPSA) is 38.3 Å². The summed E-state index contributed by atoms with van der Waals surface area (Å²) in [5.41, 5.74) is 0.528. The van der Waals surface area contributed by atoms with E-state index in [-0.39, 0.29) is 17.8 Å². The smallest absolute Gasteiger partial charge is 0.322 e. The van der Waals surface area contributed by atoms with Crippen LogP contribution in [0.4, 0.5) is 4.39 Å². The van der Waals surface area contributed by atoms with Crippen LogP contribution in [0.5, 0.6) is 0 Å². The number of unbranched alkanes of at least 4 members (excludes halogenated alkanes) is 1. The molecule has 1 atom stereocenters. The van der Waals surface area contributed by atoms with Gasteiger partial charge in [0, 0.05) is 16.6 Å². The van der Waals surface area contributed by atoms with Gasteiger partial charge >= 0.3 is 5.97 Å². The van der Waals surface area contributed by atoms with Gasteiger partial charge in [-0.1, -0.05) is 35.7 Å². The summed E-state index contributed by atoms with van der Waals surface area (Å²) in [6, 6.07) is 4.37. The number of carbonyl (C=O) groups is 1. The lowest BCUT2D eigenvalue weighted by molar-refractivity contribution is -0.143. The molecule has 1 unspecified atom stereocenters. The van der Waals surface area contributed by atoms with Crippen molar-refractivity contribution in [1.29, 1.82) is 0 Å². The first-order valence-electron chi connectivity index (χ1n) is 6.33. The minimum absolute atomic E-state index is 0.283. The number of rotatable bonds is 7. The second kappa shape index (κ2) is 8.27. The van der Waals surface area contributed by atoms with Crippen molar-refractivity contribution in [2.24, 2.45) is 0 Å². The zero-order valence-corrected chi connectivity index (χ0v) is 12.8. The highest BCUT2D eigenvalue weighted by Gasteiger charge is 2.18. The molecule has 5 heteroatoms. The summed E-state index contributed by atoms with van der Waals surface area (Å²) in [4.78, 5) is 11.6. The molecule has 1 aromatic carbocycles. The number of esters is 1. The average molecular weight is 332 g/mol. The van der Waals surface area contributed by atoms with Crippen molar-refractivity contribution in [3.63, 3.8) is 0 Å². The molecule has 3 nitrogen and oxygen atoms in total. The molecule has 19 heavy (non-hydrogen) atoms. The van der Waals surface area contributed by atoms with Crippen LogP contribution in [-0.2, 0) is 16.1 Å². The number of benzene rings is 1. The molecule has 0 spiro atoms. The van der Waals surface area contributed by atoms with Gasteiger partial charge in [-0.2, -0.15) is 0 Å². The van der Waals surface area contributed by atoms with E-state index in [1.807, 2.05) is 0 Å². The lowest BCUT2D eigenvalue weighted by Crippen LogP contribution is -2.37. The van der Waals surface area contributed by atoms with E-state index in [2.05, 4.69) is 28.2 Å². The fourth-order valence-electron chi connectivity index (χ4n) is 1.77. The van der Waals surface area contributed by atoms with Gasteiger partial charge in [0.15, 0.2) is 0 Å². The minimum Gasteiger partial charge on any atom is -0.468 e. The van der Waals surface area contributed by atoms with Crippen molar-refractivity contribution in [2.45, 2.75) is 38.8 Å². The number of methoxy groups -OCH3 is 1. The van der Waals surface area contributed by atoms with Crippen LogP contribution in [0.2, 0.25) is 0 Å². The van der Waals surface area contributed by atoms with Gasteiger partial charge < -0.3 is 10.1 Å². The Bertz CT molecular complexity index is 426. The second-order valence-corrected chi connectivity index (χ2v) is 5.25. The Balaban J connectivity index is 2.64. The Hall–Kier alpha value is -0.940. The predicted molar refractivity (Wildman–Crippen MR) is 76.3 cm³/mol. The van der Waals surface area contributed by atoms with Crippen LogP contribution >= 0.6 is 15.9 Å². The Morgan fingerprint density at radius 1 is 1.53 bits per heavy atom. The molecule has 1 aromatic rings. The maximum atomic E-state index is 13.6. The van der Waals surface area contributed by atoms with E-state index in [0.717, 1.165) is 17.3 Å². The lowest BCUT2D eigenvalue weighted by atomic mass is 10.1. The highest BCUT2D eigenvalue weighted by Crippen LogP contribution is 2.16. The molecule has 0 bridgehead atoms. The fourth-order valence-corrected chi connectivity index (χ4v) is 2.17. The molecule has 1 N–H and O–H groups in total. The van der Waals surface area contributed by atoms with Crippen molar-refractivity contribution >= 4 is 21.9 Å². The molecule has 1 rings (SSSR count). The quantitative estimate of drug-likeness (QED) is 0.778. The number of hydrogen-bond acceptors (Lipinski definition) is 3. The van der Waals surface area contributed by atoms with E-state index in [1.165, 1.54) is 13.2 Å². The van der Waals surface area contributed by atoms with E-state index in [0.29, 0.717) is 18.5 Å². The highest BCUT2D eigenvalue weighted by atomic mass is 79.9. The molecular formula is C14H19BrFNO2. The van der Waals surface area contributed by atoms with Gasteiger partial charge in [-0.15, -0.1) is 0 Å². The predicted octanol–water partition coefficient (Wildman–Crippen LogP) is 3.41. The first-order valence-corrected chi connectivity index (χ1v) is 7.13. The van der Waals surface area contributed by atoms with Gasteiger partial charge in [-0.25, -0.2) is 4.39 Å². The van der Waals surface area contributed by atoms with E-state index < -0.39 is 0 Å². The Kier molecular flexibility index (Phi) is 7.02.